The van der Waals surface area contributed by atoms with E-state index in [-0.39, 0.29) is 6.54 Å². The largest absolute Gasteiger partial charge is 0.488 e. The van der Waals surface area contributed by atoms with Crippen LogP contribution in [-0.4, -0.2) is 35.4 Å². The summed E-state index contributed by atoms with van der Waals surface area (Å²) in [6.45, 7) is 5.54. The highest BCUT2D eigenvalue weighted by atomic mass is 16.6. The molecule has 3 N–H and O–H groups in total. The van der Waals surface area contributed by atoms with Crippen LogP contribution in [0.2, 0.25) is 0 Å². The zero-order chi connectivity index (χ0) is 15.2. The molecule has 0 fully saturated rings. The highest BCUT2D eigenvalue weighted by Gasteiger charge is 2.15. The van der Waals surface area contributed by atoms with Crippen LogP contribution >= 0.6 is 0 Å². The quantitative estimate of drug-likeness (QED) is 0.533. The van der Waals surface area contributed by atoms with Crippen molar-refractivity contribution < 1.29 is 19.6 Å². The van der Waals surface area contributed by atoms with Gasteiger partial charge in [0, 0.05) is 5.56 Å². The molecule has 5 nitrogen and oxygen atoms in total. The van der Waals surface area contributed by atoms with E-state index in [1.165, 1.54) is 0 Å². The third-order valence-corrected chi connectivity index (χ3v) is 2.16. The average molecular weight is 275 g/mol. The summed E-state index contributed by atoms with van der Waals surface area (Å²) < 4.78 is 5.06. The molecule has 0 aliphatic carbocycles. The number of benzene rings is 1. The Morgan fingerprint density at radius 1 is 1.30 bits per heavy atom. The van der Waals surface area contributed by atoms with Gasteiger partial charge in [-0.1, -0.05) is 24.0 Å². The van der Waals surface area contributed by atoms with Crippen LogP contribution in [0.25, 0.3) is 0 Å². The summed E-state index contributed by atoms with van der Waals surface area (Å²) in [6, 6.07) is 6.51. The van der Waals surface area contributed by atoms with Gasteiger partial charge in [-0.3, -0.25) is 0 Å². The minimum Gasteiger partial charge on any atom is -0.444 e. The molecule has 0 saturated carbocycles. The lowest BCUT2D eigenvalue weighted by Gasteiger charge is -2.18. The van der Waals surface area contributed by atoms with Crippen molar-refractivity contribution in [3.8, 4) is 11.8 Å². The smallest absolute Gasteiger partial charge is 0.444 e. The van der Waals surface area contributed by atoms with E-state index in [0.29, 0.717) is 5.46 Å². The zero-order valence-electron chi connectivity index (χ0n) is 11.8. The lowest BCUT2D eigenvalue weighted by Crippen LogP contribution is -2.32. The van der Waals surface area contributed by atoms with Crippen LogP contribution < -0.4 is 10.8 Å². The first-order valence-corrected chi connectivity index (χ1v) is 6.20. The van der Waals surface area contributed by atoms with Crippen LogP contribution in [0.4, 0.5) is 4.79 Å². The van der Waals surface area contributed by atoms with E-state index in [0.717, 1.165) is 5.56 Å². The van der Waals surface area contributed by atoms with Gasteiger partial charge in [0.2, 0.25) is 0 Å². The highest BCUT2D eigenvalue weighted by molar-refractivity contribution is 6.58. The summed E-state index contributed by atoms with van der Waals surface area (Å²) in [6.07, 6.45) is -0.509. The molecule has 0 atom stereocenters. The van der Waals surface area contributed by atoms with Gasteiger partial charge in [-0.15, -0.1) is 0 Å². The van der Waals surface area contributed by atoms with Gasteiger partial charge in [0.1, 0.15) is 5.60 Å². The second-order valence-electron chi connectivity index (χ2n) is 5.15. The number of alkyl carbamates (subject to hydrolysis) is 1. The van der Waals surface area contributed by atoms with Gasteiger partial charge >= 0.3 is 13.2 Å². The number of carbonyl (C=O) groups is 1. The van der Waals surface area contributed by atoms with Crippen molar-refractivity contribution in [2.24, 2.45) is 0 Å². The van der Waals surface area contributed by atoms with Crippen LogP contribution in [0.15, 0.2) is 24.3 Å². The van der Waals surface area contributed by atoms with Crippen molar-refractivity contribution in [3.05, 3.63) is 29.8 Å². The van der Waals surface area contributed by atoms with Crippen molar-refractivity contribution in [2.45, 2.75) is 26.4 Å². The van der Waals surface area contributed by atoms with Crippen LogP contribution in [-0.2, 0) is 4.74 Å². The number of carbonyl (C=O) groups excluding carboxylic acids is 1. The van der Waals surface area contributed by atoms with Gasteiger partial charge in [-0.25, -0.2) is 4.79 Å². The number of amides is 1. The molecular weight excluding hydrogens is 257 g/mol. The number of hydrogen-bond acceptors (Lipinski definition) is 4. The molecular formula is C14H18BNO4. The number of nitrogens with one attached hydrogen (secondary N) is 1. The Morgan fingerprint density at radius 3 is 2.40 bits per heavy atom. The minimum atomic E-state index is -1.48. The lowest BCUT2D eigenvalue weighted by atomic mass is 9.80. The maximum Gasteiger partial charge on any atom is 0.488 e. The maximum atomic E-state index is 11.3. The molecule has 1 rings (SSSR count). The second kappa shape index (κ2) is 6.99. The van der Waals surface area contributed by atoms with Gasteiger partial charge in [-0.05, 0) is 38.4 Å². The van der Waals surface area contributed by atoms with Gasteiger partial charge in [0.05, 0.1) is 6.54 Å². The Morgan fingerprint density at radius 2 is 1.90 bits per heavy atom. The van der Waals surface area contributed by atoms with E-state index in [4.69, 9.17) is 14.8 Å². The molecule has 0 heterocycles. The molecule has 0 saturated heterocycles. The van der Waals surface area contributed by atoms with Crippen molar-refractivity contribution in [2.75, 3.05) is 6.54 Å². The van der Waals surface area contributed by atoms with Crippen molar-refractivity contribution in [3.63, 3.8) is 0 Å². The molecule has 1 aromatic carbocycles. The van der Waals surface area contributed by atoms with E-state index in [1.54, 1.807) is 45.0 Å². The van der Waals surface area contributed by atoms with E-state index in [2.05, 4.69) is 17.2 Å². The Kier molecular flexibility index (Phi) is 5.62. The second-order valence-corrected chi connectivity index (χ2v) is 5.15. The van der Waals surface area contributed by atoms with E-state index in [9.17, 15) is 4.79 Å². The Labute approximate surface area is 119 Å². The summed E-state index contributed by atoms with van der Waals surface area (Å²) in [5.74, 6) is 5.63. The fourth-order valence-corrected chi connectivity index (χ4v) is 1.32. The van der Waals surface area contributed by atoms with Gasteiger partial charge in [-0.2, -0.15) is 0 Å². The molecule has 0 aromatic heterocycles. The predicted octanol–water partition coefficient (Wildman–Crippen LogP) is 0.243. The average Bonchev–Trinajstić information content (AvgIpc) is 2.33. The molecule has 0 bridgehead atoms. The number of ether oxygens (including phenoxy) is 1. The number of rotatable bonds is 2. The molecule has 0 aliphatic rings. The van der Waals surface area contributed by atoms with Crippen molar-refractivity contribution in [1.82, 2.24) is 5.32 Å². The molecule has 0 radical (unpaired) electrons. The van der Waals surface area contributed by atoms with Crippen molar-refractivity contribution >= 4 is 18.7 Å². The van der Waals surface area contributed by atoms with Crippen LogP contribution in [0.5, 0.6) is 0 Å². The Balaban J connectivity index is 2.45. The van der Waals surface area contributed by atoms with E-state index >= 15 is 0 Å². The summed E-state index contributed by atoms with van der Waals surface area (Å²) in [4.78, 5) is 11.3. The first kappa shape index (κ1) is 16.1. The van der Waals surface area contributed by atoms with Gasteiger partial charge in [0.15, 0.2) is 0 Å². The number of hydrogen-bond donors (Lipinski definition) is 3. The fourth-order valence-electron chi connectivity index (χ4n) is 1.32. The van der Waals surface area contributed by atoms with E-state index in [1.807, 2.05) is 0 Å². The topological polar surface area (TPSA) is 78.8 Å². The molecule has 1 aromatic rings. The normalized spacial score (nSPS) is 10.2. The van der Waals surface area contributed by atoms with Gasteiger partial charge in [0.25, 0.3) is 0 Å². The monoisotopic (exact) mass is 275 g/mol. The van der Waals surface area contributed by atoms with E-state index < -0.39 is 18.8 Å². The molecule has 0 spiro atoms. The molecule has 20 heavy (non-hydrogen) atoms. The summed E-state index contributed by atoms with van der Waals surface area (Å²) >= 11 is 0. The first-order valence-electron chi connectivity index (χ1n) is 6.20. The van der Waals surface area contributed by atoms with Crippen LogP contribution in [0, 0.1) is 11.8 Å². The maximum absolute atomic E-state index is 11.3. The van der Waals surface area contributed by atoms with Gasteiger partial charge < -0.3 is 20.1 Å². The van der Waals surface area contributed by atoms with Crippen LogP contribution in [0.1, 0.15) is 26.3 Å². The summed E-state index contributed by atoms with van der Waals surface area (Å²) in [7, 11) is -1.48. The summed E-state index contributed by atoms with van der Waals surface area (Å²) in [5, 5.41) is 20.4. The molecule has 6 heteroatoms. The van der Waals surface area contributed by atoms with Crippen molar-refractivity contribution in [1.29, 1.82) is 0 Å². The Hall–Kier alpha value is -1.97. The third-order valence-electron chi connectivity index (χ3n) is 2.16. The molecule has 1 amide bonds. The molecule has 0 unspecified atom stereocenters. The Bertz CT molecular complexity index is 509. The standard InChI is InChI=1S/C14H18BNO4/c1-14(2,3)20-13(17)16-10-4-5-11-6-8-12(9-7-11)15(18)19/h6-9,18-19H,10H2,1-3H3,(H,16,17). The van der Waals surface area contributed by atoms with Crippen LogP contribution in [0.3, 0.4) is 0 Å². The fraction of sp³-hybridized carbons (Fsp3) is 0.357. The SMILES string of the molecule is CC(C)(C)OC(=O)NCC#Cc1ccc(B(O)O)cc1. The predicted molar refractivity (Wildman–Crippen MR) is 77.4 cm³/mol. The first-order chi connectivity index (χ1) is 9.28. The minimum absolute atomic E-state index is 0.180. The third kappa shape index (κ3) is 6.27. The lowest BCUT2D eigenvalue weighted by molar-refractivity contribution is 0.0535. The molecule has 0 aliphatic heterocycles. The zero-order valence-corrected chi connectivity index (χ0v) is 11.8. The molecule has 106 valence electrons. The summed E-state index contributed by atoms with van der Waals surface area (Å²) in [5.41, 5.74) is 0.598. The highest BCUT2D eigenvalue weighted by Crippen LogP contribution is 2.05.